The Morgan fingerprint density at radius 3 is 2.76 bits per heavy atom. The van der Waals surface area contributed by atoms with Gasteiger partial charge in [0.1, 0.15) is 11.9 Å². The topological polar surface area (TPSA) is 45.7 Å². The highest BCUT2D eigenvalue weighted by atomic mass is 79.9. The number of rotatable bonds is 2. The maximum atomic E-state index is 12.3. The number of aromatic nitrogens is 1. The molecular formula is C14H17BrClN3O2. The summed E-state index contributed by atoms with van der Waals surface area (Å²) in [7, 11) is 0. The third-order valence-electron chi connectivity index (χ3n) is 3.88. The minimum absolute atomic E-state index is 0.135. The van der Waals surface area contributed by atoms with Crippen LogP contribution in [0.15, 0.2) is 16.7 Å². The molecule has 0 aromatic carbocycles. The van der Waals surface area contributed by atoms with Crippen LogP contribution in [0.2, 0.25) is 5.02 Å². The van der Waals surface area contributed by atoms with Gasteiger partial charge in [0.25, 0.3) is 5.91 Å². The van der Waals surface area contributed by atoms with Crippen molar-refractivity contribution >= 4 is 39.3 Å². The van der Waals surface area contributed by atoms with Gasteiger partial charge in [-0.2, -0.15) is 0 Å². The molecule has 0 N–H and O–H groups in total. The second-order valence-electron chi connectivity index (χ2n) is 5.27. The standard InChI is InChI=1S/C14H17BrClN3O2/c15-11-8-10(16)9-17-13(11)18-3-5-19(6-4-18)14(20)12-2-1-7-21-12/h8-9,12H,1-7H2. The minimum Gasteiger partial charge on any atom is -0.368 e. The van der Waals surface area contributed by atoms with Gasteiger partial charge >= 0.3 is 0 Å². The molecule has 3 rings (SSSR count). The smallest absolute Gasteiger partial charge is 0.251 e. The molecule has 0 saturated carbocycles. The first-order valence-electron chi connectivity index (χ1n) is 7.11. The van der Waals surface area contributed by atoms with E-state index in [1.807, 2.05) is 11.0 Å². The molecule has 1 aromatic heterocycles. The van der Waals surface area contributed by atoms with Gasteiger partial charge in [-0.15, -0.1) is 0 Å². The maximum absolute atomic E-state index is 12.3. The molecular weight excluding hydrogens is 358 g/mol. The molecule has 1 unspecified atom stereocenters. The Morgan fingerprint density at radius 1 is 1.38 bits per heavy atom. The number of halogens is 2. The first-order valence-corrected chi connectivity index (χ1v) is 8.28. The van der Waals surface area contributed by atoms with E-state index in [-0.39, 0.29) is 12.0 Å². The molecule has 0 bridgehead atoms. The second-order valence-corrected chi connectivity index (χ2v) is 6.56. The van der Waals surface area contributed by atoms with Gasteiger partial charge in [-0.3, -0.25) is 4.79 Å². The van der Waals surface area contributed by atoms with Crippen molar-refractivity contribution in [2.24, 2.45) is 0 Å². The van der Waals surface area contributed by atoms with E-state index in [0.717, 1.165) is 36.2 Å². The van der Waals surface area contributed by atoms with E-state index in [2.05, 4.69) is 25.8 Å². The molecule has 3 heterocycles. The summed E-state index contributed by atoms with van der Waals surface area (Å²) in [6.07, 6.45) is 3.25. The van der Waals surface area contributed by atoms with Crippen LogP contribution in [-0.2, 0) is 9.53 Å². The van der Waals surface area contributed by atoms with Crippen LogP contribution in [0.1, 0.15) is 12.8 Å². The van der Waals surface area contributed by atoms with E-state index in [1.54, 1.807) is 6.20 Å². The molecule has 7 heteroatoms. The molecule has 2 aliphatic rings. The highest BCUT2D eigenvalue weighted by molar-refractivity contribution is 9.10. The predicted octanol–water partition coefficient (Wildman–Crippen LogP) is 2.33. The van der Waals surface area contributed by atoms with Crippen molar-refractivity contribution < 1.29 is 9.53 Å². The van der Waals surface area contributed by atoms with Gasteiger partial charge in [-0.1, -0.05) is 11.6 Å². The van der Waals surface area contributed by atoms with E-state index in [4.69, 9.17) is 16.3 Å². The van der Waals surface area contributed by atoms with Crippen molar-refractivity contribution in [3.05, 3.63) is 21.8 Å². The summed E-state index contributed by atoms with van der Waals surface area (Å²) in [4.78, 5) is 20.7. The Labute approximate surface area is 137 Å². The van der Waals surface area contributed by atoms with Crippen molar-refractivity contribution in [2.75, 3.05) is 37.7 Å². The third-order valence-corrected chi connectivity index (χ3v) is 4.67. The average Bonchev–Trinajstić information content (AvgIpc) is 3.01. The average molecular weight is 375 g/mol. The molecule has 5 nitrogen and oxygen atoms in total. The zero-order valence-corrected chi connectivity index (χ0v) is 13.9. The fourth-order valence-electron chi connectivity index (χ4n) is 2.75. The molecule has 2 saturated heterocycles. The van der Waals surface area contributed by atoms with Gasteiger partial charge in [0.2, 0.25) is 0 Å². The van der Waals surface area contributed by atoms with E-state index >= 15 is 0 Å². The maximum Gasteiger partial charge on any atom is 0.251 e. The Bertz CT molecular complexity index is 529. The van der Waals surface area contributed by atoms with Gasteiger partial charge in [0, 0.05) is 39.0 Å². The molecule has 0 aliphatic carbocycles. The number of carbonyl (C=O) groups excluding carboxylic acids is 1. The van der Waals surface area contributed by atoms with Crippen LogP contribution in [0.3, 0.4) is 0 Å². The van der Waals surface area contributed by atoms with Crippen LogP contribution in [0, 0.1) is 0 Å². The molecule has 21 heavy (non-hydrogen) atoms. The normalized spacial score (nSPS) is 22.7. The minimum atomic E-state index is -0.225. The summed E-state index contributed by atoms with van der Waals surface area (Å²) in [6, 6.07) is 1.84. The highest BCUT2D eigenvalue weighted by Gasteiger charge is 2.30. The number of hydrogen-bond acceptors (Lipinski definition) is 4. The summed E-state index contributed by atoms with van der Waals surface area (Å²) in [5, 5.41) is 0.609. The van der Waals surface area contributed by atoms with Gasteiger partial charge in [0.05, 0.1) is 9.50 Å². The molecule has 2 fully saturated rings. The molecule has 2 aliphatic heterocycles. The fraction of sp³-hybridized carbons (Fsp3) is 0.571. The van der Waals surface area contributed by atoms with Crippen LogP contribution in [0.4, 0.5) is 5.82 Å². The van der Waals surface area contributed by atoms with Crippen molar-refractivity contribution in [1.29, 1.82) is 0 Å². The molecule has 0 radical (unpaired) electrons. The summed E-state index contributed by atoms with van der Waals surface area (Å²) < 4.78 is 6.36. The number of amides is 1. The third kappa shape index (κ3) is 3.33. The quantitative estimate of drug-likeness (QED) is 0.797. The molecule has 1 amide bonds. The summed E-state index contributed by atoms with van der Waals surface area (Å²) >= 11 is 9.41. The van der Waals surface area contributed by atoms with Crippen molar-refractivity contribution in [3.63, 3.8) is 0 Å². The van der Waals surface area contributed by atoms with E-state index in [0.29, 0.717) is 24.7 Å². The van der Waals surface area contributed by atoms with Crippen LogP contribution in [-0.4, -0.2) is 54.7 Å². The molecule has 114 valence electrons. The summed E-state index contributed by atoms with van der Waals surface area (Å²) in [5.41, 5.74) is 0. The predicted molar refractivity (Wildman–Crippen MR) is 84.7 cm³/mol. The SMILES string of the molecule is O=C(C1CCCO1)N1CCN(c2ncc(Cl)cc2Br)CC1. The first-order chi connectivity index (χ1) is 10.1. The largest absolute Gasteiger partial charge is 0.368 e. The highest BCUT2D eigenvalue weighted by Crippen LogP contribution is 2.27. The monoisotopic (exact) mass is 373 g/mol. The van der Waals surface area contributed by atoms with Crippen molar-refractivity contribution in [1.82, 2.24) is 9.88 Å². The van der Waals surface area contributed by atoms with Crippen LogP contribution < -0.4 is 4.90 Å². The Hall–Kier alpha value is -0.850. The van der Waals surface area contributed by atoms with Crippen LogP contribution in [0.25, 0.3) is 0 Å². The summed E-state index contributed by atoms with van der Waals surface area (Å²) in [5.74, 6) is 1.01. The lowest BCUT2D eigenvalue weighted by Gasteiger charge is -2.36. The zero-order chi connectivity index (χ0) is 14.8. The second kappa shape index (κ2) is 6.50. The lowest BCUT2D eigenvalue weighted by atomic mass is 10.2. The number of piperazine rings is 1. The van der Waals surface area contributed by atoms with E-state index in [9.17, 15) is 4.79 Å². The zero-order valence-electron chi connectivity index (χ0n) is 11.6. The summed E-state index contributed by atoms with van der Waals surface area (Å²) in [6.45, 7) is 3.65. The fourth-order valence-corrected chi connectivity index (χ4v) is 3.64. The number of carbonyl (C=O) groups is 1. The van der Waals surface area contributed by atoms with Crippen LogP contribution in [0.5, 0.6) is 0 Å². The Balaban J connectivity index is 1.60. The van der Waals surface area contributed by atoms with Crippen molar-refractivity contribution in [3.8, 4) is 0 Å². The van der Waals surface area contributed by atoms with Gasteiger partial charge in [-0.05, 0) is 34.8 Å². The number of anilines is 1. The Kier molecular flexibility index (Phi) is 4.66. The molecule has 1 aromatic rings. The molecule has 0 spiro atoms. The van der Waals surface area contributed by atoms with E-state index in [1.165, 1.54) is 0 Å². The lowest BCUT2D eigenvalue weighted by molar-refractivity contribution is -0.141. The van der Waals surface area contributed by atoms with E-state index < -0.39 is 0 Å². The Morgan fingerprint density at radius 2 is 2.14 bits per heavy atom. The molecule has 1 atom stereocenters. The van der Waals surface area contributed by atoms with Gasteiger partial charge < -0.3 is 14.5 Å². The first kappa shape index (κ1) is 15.1. The number of hydrogen-bond donors (Lipinski definition) is 0. The number of pyridine rings is 1. The number of ether oxygens (including phenoxy) is 1. The van der Waals surface area contributed by atoms with Gasteiger partial charge in [0.15, 0.2) is 0 Å². The van der Waals surface area contributed by atoms with Crippen molar-refractivity contribution in [2.45, 2.75) is 18.9 Å². The van der Waals surface area contributed by atoms with Crippen LogP contribution >= 0.6 is 27.5 Å². The van der Waals surface area contributed by atoms with Gasteiger partial charge in [-0.25, -0.2) is 4.98 Å². The lowest BCUT2D eigenvalue weighted by Crippen LogP contribution is -2.51. The number of nitrogens with zero attached hydrogens (tertiary/aromatic N) is 3.